The van der Waals surface area contributed by atoms with E-state index in [4.69, 9.17) is 19.4 Å². The molecule has 2 aromatic heterocycles. The normalized spacial score (nSPS) is 30.0. The van der Waals surface area contributed by atoms with Crippen LogP contribution in [0.1, 0.15) is 49.5 Å². The Hall–Kier alpha value is -2.01. The van der Waals surface area contributed by atoms with Crippen LogP contribution in [0, 0.1) is 12.8 Å². The maximum Gasteiger partial charge on any atom is 0.189 e. The lowest BCUT2D eigenvalue weighted by atomic mass is 10.1. The van der Waals surface area contributed by atoms with Crippen molar-refractivity contribution in [3.63, 3.8) is 0 Å². The van der Waals surface area contributed by atoms with E-state index < -0.39 is 5.79 Å². The van der Waals surface area contributed by atoms with Crippen LogP contribution in [-0.2, 0) is 14.3 Å². The van der Waals surface area contributed by atoms with Gasteiger partial charge in [0.05, 0.1) is 40.0 Å². The molecule has 2 N–H and O–H groups in total. The predicted molar refractivity (Wildman–Crippen MR) is 126 cm³/mol. The van der Waals surface area contributed by atoms with Crippen LogP contribution in [0.3, 0.4) is 0 Å². The van der Waals surface area contributed by atoms with E-state index in [0.717, 1.165) is 38.9 Å². The van der Waals surface area contributed by atoms with Gasteiger partial charge >= 0.3 is 0 Å². The van der Waals surface area contributed by atoms with Crippen molar-refractivity contribution in [2.75, 3.05) is 11.6 Å². The van der Waals surface area contributed by atoms with Gasteiger partial charge in [-0.3, -0.25) is 0 Å². The molecule has 5 atom stereocenters. The van der Waals surface area contributed by atoms with E-state index in [9.17, 15) is 4.79 Å². The molecule has 1 saturated heterocycles. The van der Waals surface area contributed by atoms with Gasteiger partial charge in [-0.1, -0.05) is 11.8 Å². The molecule has 4 heterocycles. The number of ether oxygens (including phenoxy) is 2. The molecule has 2 fully saturated rings. The number of anilines is 1. The molecular formula is C22H27N5O3S2. The summed E-state index contributed by atoms with van der Waals surface area (Å²) >= 11 is 3.14. The summed E-state index contributed by atoms with van der Waals surface area (Å²) in [6.07, 6.45) is 7.11. The number of carbonyl (C=O) groups excluding carboxylic acids is 1. The Balaban J connectivity index is 1.54. The highest BCUT2D eigenvalue weighted by Crippen LogP contribution is 2.44. The van der Waals surface area contributed by atoms with Crippen molar-refractivity contribution in [1.82, 2.24) is 20.3 Å². The van der Waals surface area contributed by atoms with Gasteiger partial charge in [-0.25, -0.2) is 15.0 Å². The van der Waals surface area contributed by atoms with E-state index in [1.54, 1.807) is 11.3 Å². The lowest BCUT2D eigenvalue weighted by Gasteiger charge is -2.24. The summed E-state index contributed by atoms with van der Waals surface area (Å²) in [7, 11) is 0. The molecule has 5 rings (SSSR count). The van der Waals surface area contributed by atoms with Crippen LogP contribution in [0.5, 0.6) is 0 Å². The first-order valence-electron chi connectivity index (χ1n) is 10.7. The summed E-state index contributed by atoms with van der Waals surface area (Å²) in [4.78, 5) is 27.3. The Labute approximate surface area is 195 Å². The molecule has 170 valence electrons. The van der Waals surface area contributed by atoms with E-state index in [2.05, 4.69) is 28.6 Å². The van der Waals surface area contributed by atoms with Crippen LogP contribution in [0.4, 0.5) is 5.82 Å². The molecule has 10 heteroatoms. The van der Waals surface area contributed by atoms with Gasteiger partial charge in [0.2, 0.25) is 0 Å². The van der Waals surface area contributed by atoms with Crippen molar-refractivity contribution < 1.29 is 14.3 Å². The minimum atomic E-state index is -0.713. The molecule has 1 unspecified atom stereocenters. The van der Waals surface area contributed by atoms with Gasteiger partial charge in [-0.15, -0.1) is 11.3 Å². The molecule has 2 aliphatic heterocycles. The third-order valence-electron chi connectivity index (χ3n) is 6.14. The van der Waals surface area contributed by atoms with E-state index in [1.807, 2.05) is 33.2 Å². The maximum absolute atomic E-state index is 11.7. The molecule has 3 aliphatic rings. The van der Waals surface area contributed by atoms with Crippen LogP contribution in [0.25, 0.3) is 16.6 Å². The number of rotatable bonds is 5. The number of aldehydes is 1. The Bertz CT molecular complexity index is 1090. The summed E-state index contributed by atoms with van der Waals surface area (Å²) in [6.45, 7) is 7.87. The predicted octanol–water partition coefficient (Wildman–Crippen LogP) is 3.78. The third kappa shape index (κ3) is 3.72. The maximum atomic E-state index is 11.7. The average Bonchev–Trinajstić information content (AvgIpc) is 3.39. The topological polar surface area (TPSA) is 98.3 Å². The summed E-state index contributed by atoms with van der Waals surface area (Å²) in [5.41, 5.74) is 2.79. The number of aromatic nitrogens is 3. The van der Waals surface area contributed by atoms with Crippen LogP contribution >= 0.6 is 23.1 Å². The minimum Gasteiger partial charge on any atom is -0.383 e. The quantitative estimate of drug-likeness (QED) is 0.382. The number of aryl methyl sites for hydroxylation is 1. The van der Waals surface area contributed by atoms with Gasteiger partial charge in [-0.05, 0) is 52.6 Å². The number of fused-ring (bicyclic) bond motifs is 2. The first-order chi connectivity index (χ1) is 15.3. The summed E-state index contributed by atoms with van der Waals surface area (Å²) in [5.74, 6) is -0.202. The zero-order chi connectivity index (χ0) is 22.6. The summed E-state index contributed by atoms with van der Waals surface area (Å²) in [6, 6.07) is 0.0492. The molecule has 32 heavy (non-hydrogen) atoms. The Kier molecular flexibility index (Phi) is 5.51. The molecule has 2 aromatic rings. The number of nitrogens with zero attached hydrogens (tertiary/aromatic N) is 3. The average molecular weight is 474 g/mol. The van der Waals surface area contributed by atoms with E-state index >= 15 is 0 Å². The summed E-state index contributed by atoms with van der Waals surface area (Å²) < 4.78 is 12.2. The number of thioether (sulfide) groups is 1. The molecule has 0 amide bonds. The van der Waals surface area contributed by atoms with Crippen molar-refractivity contribution in [1.29, 1.82) is 0 Å². The standard InChI is InChI=1S/C22H27N5O3S2/c1-10-15(20-26-16-11(2)23-7-6-14(16)32-20)19(27-21(24-10)31-5)25-13-8-12(9-28)17-18(13)30-22(3,4)29-17/h6-7,9,11-13,17-18,23H,8H2,1-5H3,(H,24,25,27)/t11?,12-,13-,17-,18+/m1/s1. The van der Waals surface area contributed by atoms with E-state index in [-0.39, 0.29) is 30.2 Å². The highest BCUT2D eigenvalue weighted by atomic mass is 32.2. The number of thiazole rings is 1. The fraction of sp³-hybridized carbons (Fsp3) is 0.545. The number of hydrogen-bond donors (Lipinski definition) is 2. The largest absolute Gasteiger partial charge is 0.383 e. The zero-order valence-electron chi connectivity index (χ0n) is 18.7. The molecule has 1 saturated carbocycles. The van der Waals surface area contributed by atoms with Gasteiger partial charge in [0, 0.05) is 5.92 Å². The molecule has 0 aromatic carbocycles. The second-order valence-electron chi connectivity index (χ2n) is 8.86. The molecule has 0 spiro atoms. The van der Waals surface area contributed by atoms with Crippen molar-refractivity contribution in [2.24, 2.45) is 5.92 Å². The van der Waals surface area contributed by atoms with Crippen LogP contribution in [0.15, 0.2) is 11.4 Å². The zero-order valence-corrected chi connectivity index (χ0v) is 20.3. The van der Waals surface area contributed by atoms with Crippen molar-refractivity contribution in [3.05, 3.63) is 22.5 Å². The highest BCUT2D eigenvalue weighted by molar-refractivity contribution is 7.98. The van der Waals surface area contributed by atoms with Gasteiger partial charge in [0.25, 0.3) is 0 Å². The number of nitrogens with one attached hydrogen (secondary N) is 2. The molecule has 1 aliphatic carbocycles. The van der Waals surface area contributed by atoms with Crippen LogP contribution in [-0.4, -0.2) is 51.5 Å². The SMILES string of the molecule is CSc1nc(C)c(-c2nc3c(s2)C=CNC3C)c(N[C@@H]2C[C@H](C=O)[C@H]3OC(C)(C)O[C@H]32)n1. The lowest BCUT2D eigenvalue weighted by molar-refractivity contribution is -0.157. The Morgan fingerprint density at radius 1 is 1.28 bits per heavy atom. The Morgan fingerprint density at radius 2 is 2.06 bits per heavy atom. The monoisotopic (exact) mass is 473 g/mol. The Morgan fingerprint density at radius 3 is 2.78 bits per heavy atom. The fourth-order valence-corrected chi connectivity index (χ4v) is 6.27. The van der Waals surface area contributed by atoms with Gasteiger partial charge in [0.1, 0.15) is 23.2 Å². The first-order valence-corrected chi connectivity index (χ1v) is 12.8. The first kappa shape index (κ1) is 21.8. The van der Waals surface area contributed by atoms with E-state index in [1.165, 1.54) is 11.8 Å². The third-order valence-corrected chi connectivity index (χ3v) is 7.74. The van der Waals surface area contributed by atoms with Crippen molar-refractivity contribution in [2.45, 2.75) is 69.4 Å². The second-order valence-corrected chi connectivity index (χ2v) is 10.7. The number of carbonyl (C=O) groups is 1. The van der Waals surface area contributed by atoms with Gasteiger partial charge in [-0.2, -0.15) is 0 Å². The van der Waals surface area contributed by atoms with Gasteiger partial charge < -0.3 is 24.9 Å². The van der Waals surface area contributed by atoms with Gasteiger partial charge in [0.15, 0.2) is 10.9 Å². The van der Waals surface area contributed by atoms with Crippen molar-refractivity contribution >= 4 is 41.3 Å². The minimum absolute atomic E-state index is 0.102. The van der Waals surface area contributed by atoms with Crippen molar-refractivity contribution in [3.8, 4) is 10.6 Å². The second kappa shape index (κ2) is 8.09. The molecule has 0 bridgehead atoms. The molecule has 0 radical (unpaired) electrons. The smallest absolute Gasteiger partial charge is 0.189 e. The highest BCUT2D eigenvalue weighted by Gasteiger charge is 2.54. The van der Waals surface area contributed by atoms with Crippen LogP contribution in [0.2, 0.25) is 0 Å². The summed E-state index contributed by atoms with van der Waals surface area (Å²) in [5, 5.41) is 8.47. The molecule has 8 nitrogen and oxygen atoms in total. The lowest BCUT2D eigenvalue weighted by Crippen LogP contribution is -2.35. The molecular weight excluding hydrogens is 446 g/mol. The van der Waals surface area contributed by atoms with E-state index in [0.29, 0.717) is 11.6 Å². The fourth-order valence-electron chi connectivity index (χ4n) is 4.70. The van der Waals surface area contributed by atoms with Crippen LogP contribution < -0.4 is 10.6 Å². The number of hydrogen-bond acceptors (Lipinski definition) is 10.